The van der Waals surface area contributed by atoms with Gasteiger partial charge in [-0.1, -0.05) is 35.3 Å². The highest BCUT2D eigenvalue weighted by molar-refractivity contribution is 6.35. The summed E-state index contributed by atoms with van der Waals surface area (Å²) < 4.78 is 0. The van der Waals surface area contributed by atoms with Gasteiger partial charge >= 0.3 is 0 Å². The highest BCUT2D eigenvalue weighted by Gasteiger charge is 2.24. The molecule has 0 radical (unpaired) electrons. The lowest BCUT2D eigenvalue weighted by Crippen LogP contribution is -2.51. The molecule has 1 atom stereocenters. The molecule has 7 heteroatoms. The standard InChI is InChI=1S/C20H24Cl2N4O/c1-15(17-7-6-16(21)13-18(17)22)24(2)14-20(27)26-11-9-25(10-12-26)19-5-3-4-8-23-19/h3-8,13,15H,9-12,14H2,1-2H3. The minimum absolute atomic E-state index is 0.0218. The van der Waals surface area contributed by atoms with Crippen LogP contribution in [0.15, 0.2) is 42.6 Å². The smallest absolute Gasteiger partial charge is 0.236 e. The van der Waals surface area contributed by atoms with Gasteiger partial charge in [-0.15, -0.1) is 0 Å². The minimum atomic E-state index is 0.0218. The second kappa shape index (κ2) is 8.91. The van der Waals surface area contributed by atoms with Crippen LogP contribution in [0, 0.1) is 0 Å². The van der Waals surface area contributed by atoms with E-state index in [0.717, 1.165) is 24.5 Å². The maximum atomic E-state index is 12.7. The zero-order chi connectivity index (χ0) is 19.4. The van der Waals surface area contributed by atoms with Gasteiger partial charge in [0, 0.05) is 48.5 Å². The van der Waals surface area contributed by atoms with Crippen molar-refractivity contribution < 1.29 is 4.79 Å². The van der Waals surface area contributed by atoms with Gasteiger partial charge in [-0.05, 0) is 43.8 Å². The van der Waals surface area contributed by atoms with E-state index in [1.807, 2.05) is 54.1 Å². The highest BCUT2D eigenvalue weighted by atomic mass is 35.5. The molecule has 1 aromatic carbocycles. The number of amides is 1. The first-order chi connectivity index (χ1) is 13.0. The second-order valence-corrected chi connectivity index (χ2v) is 7.66. The number of hydrogen-bond acceptors (Lipinski definition) is 4. The fourth-order valence-corrected chi connectivity index (χ4v) is 3.82. The van der Waals surface area contributed by atoms with Crippen molar-refractivity contribution in [3.8, 4) is 0 Å². The largest absolute Gasteiger partial charge is 0.353 e. The van der Waals surface area contributed by atoms with E-state index >= 15 is 0 Å². The second-order valence-electron chi connectivity index (χ2n) is 6.81. The van der Waals surface area contributed by atoms with Crippen LogP contribution in [0.1, 0.15) is 18.5 Å². The average Bonchev–Trinajstić information content (AvgIpc) is 2.68. The van der Waals surface area contributed by atoms with Crippen LogP contribution in [0.3, 0.4) is 0 Å². The van der Waals surface area contributed by atoms with Gasteiger partial charge in [0.2, 0.25) is 5.91 Å². The molecule has 144 valence electrons. The van der Waals surface area contributed by atoms with Crippen molar-refractivity contribution in [2.45, 2.75) is 13.0 Å². The monoisotopic (exact) mass is 406 g/mol. The van der Waals surface area contributed by atoms with Gasteiger partial charge in [0.25, 0.3) is 0 Å². The molecule has 1 saturated heterocycles. The van der Waals surface area contributed by atoms with Crippen LogP contribution in [-0.2, 0) is 4.79 Å². The summed E-state index contributed by atoms with van der Waals surface area (Å²) in [4.78, 5) is 23.3. The predicted octanol–water partition coefficient (Wildman–Crippen LogP) is 3.73. The number of rotatable bonds is 5. The Hall–Kier alpha value is -1.82. The Morgan fingerprint density at radius 1 is 1.19 bits per heavy atom. The van der Waals surface area contributed by atoms with Crippen LogP contribution in [-0.4, -0.2) is 60.5 Å². The summed E-state index contributed by atoms with van der Waals surface area (Å²) in [6, 6.07) is 11.4. The number of likely N-dealkylation sites (N-methyl/N-ethyl adjacent to an activating group) is 1. The molecule has 2 heterocycles. The fourth-order valence-electron chi connectivity index (χ4n) is 3.25. The van der Waals surface area contributed by atoms with Crippen LogP contribution in [0.5, 0.6) is 0 Å². The van der Waals surface area contributed by atoms with E-state index in [1.165, 1.54) is 0 Å². The summed E-state index contributed by atoms with van der Waals surface area (Å²) in [5, 5.41) is 1.23. The Balaban J connectivity index is 1.54. The van der Waals surface area contributed by atoms with Crippen molar-refractivity contribution in [3.05, 3.63) is 58.2 Å². The van der Waals surface area contributed by atoms with Crippen LogP contribution in [0.2, 0.25) is 10.0 Å². The first kappa shape index (κ1) is 19.9. The van der Waals surface area contributed by atoms with Gasteiger partial charge in [0.15, 0.2) is 0 Å². The normalized spacial score (nSPS) is 15.9. The molecule has 1 aliphatic rings. The molecule has 1 aromatic heterocycles. The number of carbonyl (C=O) groups is 1. The molecule has 27 heavy (non-hydrogen) atoms. The van der Waals surface area contributed by atoms with Crippen molar-refractivity contribution >= 4 is 34.9 Å². The molecule has 3 rings (SSSR count). The zero-order valence-corrected chi connectivity index (χ0v) is 17.1. The molecule has 1 amide bonds. The van der Waals surface area contributed by atoms with E-state index < -0.39 is 0 Å². The average molecular weight is 407 g/mol. The quantitative estimate of drug-likeness (QED) is 0.758. The van der Waals surface area contributed by atoms with Crippen molar-refractivity contribution in [2.75, 3.05) is 44.7 Å². The van der Waals surface area contributed by atoms with E-state index in [1.54, 1.807) is 12.3 Å². The molecule has 2 aromatic rings. The zero-order valence-electron chi connectivity index (χ0n) is 15.6. The molecular weight excluding hydrogens is 383 g/mol. The number of carbonyl (C=O) groups excluding carboxylic acids is 1. The summed E-state index contributed by atoms with van der Waals surface area (Å²) >= 11 is 12.3. The van der Waals surface area contributed by atoms with E-state index in [-0.39, 0.29) is 11.9 Å². The van der Waals surface area contributed by atoms with E-state index in [2.05, 4.69) is 9.88 Å². The summed E-state index contributed by atoms with van der Waals surface area (Å²) in [7, 11) is 1.94. The van der Waals surface area contributed by atoms with Crippen molar-refractivity contribution in [1.82, 2.24) is 14.8 Å². The number of piperazine rings is 1. The molecule has 0 bridgehead atoms. The number of anilines is 1. The molecule has 1 aliphatic heterocycles. The first-order valence-electron chi connectivity index (χ1n) is 9.04. The summed E-state index contributed by atoms with van der Waals surface area (Å²) in [6.45, 7) is 5.40. The van der Waals surface area contributed by atoms with Crippen molar-refractivity contribution in [3.63, 3.8) is 0 Å². The lowest BCUT2D eigenvalue weighted by atomic mass is 10.1. The van der Waals surface area contributed by atoms with Crippen molar-refractivity contribution in [2.24, 2.45) is 0 Å². The third-order valence-corrected chi connectivity index (χ3v) is 5.63. The molecule has 0 aliphatic carbocycles. The number of benzene rings is 1. The Morgan fingerprint density at radius 3 is 2.56 bits per heavy atom. The summed E-state index contributed by atoms with van der Waals surface area (Å²) in [5.41, 5.74) is 0.969. The van der Waals surface area contributed by atoms with Gasteiger partial charge in [-0.3, -0.25) is 9.69 Å². The third kappa shape index (κ3) is 4.92. The maximum Gasteiger partial charge on any atom is 0.236 e. The Labute approximate surface area is 170 Å². The maximum absolute atomic E-state index is 12.7. The minimum Gasteiger partial charge on any atom is -0.353 e. The first-order valence-corrected chi connectivity index (χ1v) is 9.80. The van der Waals surface area contributed by atoms with Crippen LogP contribution >= 0.6 is 23.2 Å². The van der Waals surface area contributed by atoms with Crippen LogP contribution < -0.4 is 4.90 Å². The topological polar surface area (TPSA) is 39.7 Å². The summed E-state index contributed by atoms with van der Waals surface area (Å²) in [6.07, 6.45) is 1.80. The number of pyridine rings is 1. The van der Waals surface area contributed by atoms with Gasteiger partial charge in [-0.25, -0.2) is 4.98 Å². The van der Waals surface area contributed by atoms with Crippen LogP contribution in [0.4, 0.5) is 5.82 Å². The van der Waals surface area contributed by atoms with Gasteiger partial charge in [0.1, 0.15) is 5.82 Å². The highest BCUT2D eigenvalue weighted by Crippen LogP contribution is 2.29. The van der Waals surface area contributed by atoms with Gasteiger partial charge in [-0.2, -0.15) is 0 Å². The number of hydrogen-bond donors (Lipinski definition) is 0. The molecule has 0 spiro atoms. The number of aromatic nitrogens is 1. The Bertz CT molecular complexity index is 779. The van der Waals surface area contributed by atoms with E-state index in [4.69, 9.17) is 23.2 Å². The molecule has 1 fully saturated rings. The molecule has 0 N–H and O–H groups in total. The molecular formula is C20H24Cl2N4O. The third-order valence-electron chi connectivity index (χ3n) is 5.06. The lowest BCUT2D eigenvalue weighted by molar-refractivity contribution is -0.132. The van der Waals surface area contributed by atoms with Gasteiger partial charge in [0.05, 0.1) is 6.54 Å². The summed E-state index contributed by atoms with van der Waals surface area (Å²) in [5.74, 6) is 1.10. The molecule has 0 saturated carbocycles. The Kier molecular flexibility index (Phi) is 6.58. The van der Waals surface area contributed by atoms with E-state index in [9.17, 15) is 4.79 Å². The van der Waals surface area contributed by atoms with Crippen molar-refractivity contribution in [1.29, 1.82) is 0 Å². The van der Waals surface area contributed by atoms with Gasteiger partial charge < -0.3 is 9.80 Å². The Morgan fingerprint density at radius 2 is 1.93 bits per heavy atom. The lowest BCUT2D eigenvalue weighted by Gasteiger charge is -2.36. The predicted molar refractivity (Wildman–Crippen MR) is 111 cm³/mol. The molecule has 5 nitrogen and oxygen atoms in total. The van der Waals surface area contributed by atoms with Crippen LogP contribution in [0.25, 0.3) is 0 Å². The van der Waals surface area contributed by atoms with E-state index in [0.29, 0.717) is 29.7 Å². The number of halogens is 2. The fraction of sp³-hybridized carbons (Fsp3) is 0.400. The number of nitrogens with zero attached hydrogens (tertiary/aromatic N) is 4. The molecule has 1 unspecified atom stereocenters. The SMILES string of the molecule is CC(c1ccc(Cl)cc1Cl)N(C)CC(=O)N1CCN(c2ccccn2)CC1.